The lowest BCUT2D eigenvalue weighted by atomic mass is 10.1. The van der Waals surface area contributed by atoms with E-state index in [-0.39, 0.29) is 0 Å². The highest BCUT2D eigenvalue weighted by Crippen LogP contribution is 2.27. The van der Waals surface area contributed by atoms with Crippen LogP contribution in [-0.4, -0.2) is 12.6 Å². The van der Waals surface area contributed by atoms with E-state index in [0.717, 1.165) is 29.0 Å². The Morgan fingerprint density at radius 2 is 1.29 bits per heavy atom. The van der Waals surface area contributed by atoms with Crippen molar-refractivity contribution in [2.24, 2.45) is 10.2 Å². The lowest BCUT2D eigenvalue weighted by Gasteiger charge is -2.09. The summed E-state index contributed by atoms with van der Waals surface area (Å²) in [5.41, 5.74) is 5.12. The Kier molecular flexibility index (Phi) is 14.1. The highest BCUT2D eigenvalue weighted by molar-refractivity contribution is 5.91. The van der Waals surface area contributed by atoms with Gasteiger partial charge in [0, 0.05) is 0 Å². The van der Waals surface area contributed by atoms with E-state index in [1.807, 2.05) is 44.2 Å². The molecule has 0 bridgehead atoms. The lowest BCUT2D eigenvalue weighted by molar-refractivity contribution is 0.0733. The first-order valence-electron chi connectivity index (χ1n) is 15.5. The molecule has 0 spiro atoms. The number of azo groups is 1. The first kappa shape index (κ1) is 32.0. The van der Waals surface area contributed by atoms with Crippen molar-refractivity contribution in [3.8, 4) is 11.5 Å². The van der Waals surface area contributed by atoms with Crippen molar-refractivity contribution in [3.63, 3.8) is 0 Å². The van der Waals surface area contributed by atoms with Crippen LogP contribution in [-0.2, 0) is 0 Å². The van der Waals surface area contributed by atoms with Crippen LogP contribution in [0.3, 0.4) is 0 Å². The molecule has 0 aromatic heterocycles. The number of hydrogen-bond acceptors (Lipinski definition) is 5. The van der Waals surface area contributed by atoms with Gasteiger partial charge in [-0.1, -0.05) is 95.2 Å². The van der Waals surface area contributed by atoms with Gasteiger partial charge in [-0.2, -0.15) is 10.2 Å². The smallest absolute Gasteiger partial charge is 0.343 e. The molecular formula is C36H48N2O3. The summed E-state index contributed by atoms with van der Waals surface area (Å²) in [5.74, 6) is 0.886. The molecule has 0 aliphatic carbocycles. The van der Waals surface area contributed by atoms with Crippen LogP contribution in [0.4, 0.5) is 11.4 Å². The number of esters is 1. The van der Waals surface area contributed by atoms with Gasteiger partial charge in [0.1, 0.15) is 11.5 Å². The summed E-state index contributed by atoms with van der Waals surface area (Å²) in [6.45, 7) is 8.94. The number of aryl methyl sites for hydroxylation is 3. The fourth-order valence-electron chi connectivity index (χ4n) is 4.82. The Hall–Kier alpha value is -3.47. The summed E-state index contributed by atoms with van der Waals surface area (Å²) in [7, 11) is 0. The molecule has 5 heteroatoms. The second kappa shape index (κ2) is 18.1. The SMILES string of the molecule is CCCCCCCCCCCCCCOc1ccc(C(=O)Oc2ccc(N=Nc3ccc(C)cc3C)cc2C)cc1. The Bertz CT molecular complexity index is 1230. The first-order valence-corrected chi connectivity index (χ1v) is 15.5. The van der Waals surface area contributed by atoms with Gasteiger partial charge in [-0.05, 0) is 86.8 Å². The molecule has 0 saturated carbocycles. The van der Waals surface area contributed by atoms with E-state index in [1.165, 1.54) is 76.2 Å². The van der Waals surface area contributed by atoms with E-state index in [2.05, 4.69) is 30.1 Å². The fraction of sp³-hybridized carbons (Fsp3) is 0.472. The van der Waals surface area contributed by atoms with Crippen molar-refractivity contribution in [1.82, 2.24) is 0 Å². The van der Waals surface area contributed by atoms with Gasteiger partial charge in [-0.15, -0.1) is 0 Å². The summed E-state index contributed by atoms with van der Waals surface area (Å²) in [4.78, 5) is 12.7. The maximum absolute atomic E-state index is 12.7. The molecule has 3 aromatic rings. The van der Waals surface area contributed by atoms with Crippen molar-refractivity contribution in [2.45, 2.75) is 105 Å². The molecule has 0 amide bonds. The summed E-state index contributed by atoms with van der Waals surface area (Å²) < 4.78 is 11.5. The van der Waals surface area contributed by atoms with Crippen molar-refractivity contribution in [1.29, 1.82) is 0 Å². The molecule has 0 radical (unpaired) electrons. The molecule has 3 aromatic carbocycles. The molecule has 0 fully saturated rings. The maximum Gasteiger partial charge on any atom is 0.343 e. The van der Waals surface area contributed by atoms with Crippen LogP contribution in [0, 0.1) is 20.8 Å². The van der Waals surface area contributed by atoms with E-state index in [4.69, 9.17) is 9.47 Å². The molecular weight excluding hydrogens is 508 g/mol. The van der Waals surface area contributed by atoms with Gasteiger partial charge in [0.2, 0.25) is 0 Å². The first-order chi connectivity index (χ1) is 20.0. The van der Waals surface area contributed by atoms with Gasteiger partial charge in [-0.3, -0.25) is 0 Å². The normalized spacial score (nSPS) is 11.2. The number of nitrogens with zero attached hydrogens (tertiary/aromatic N) is 2. The second-order valence-corrected chi connectivity index (χ2v) is 11.1. The second-order valence-electron chi connectivity index (χ2n) is 11.1. The minimum Gasteiger partial charge on any atom is -0.494 e. The minimum absolute atomic E-state index is 0.398. The molecule has 0 N–H and O–H groups in total. The van der Waals surface area contributed by atoms with Gasteiger partial charge in [0.25, 0.3) is 0 Å². The van der Waals surface area contributed by atoms with Crippen LogP contribution in [0.1, 0.15) is 111 Å². The van der Waals surface area contributed by atoms with Crippen LogP contribution < -0.4 is 9.47 Å². The number of ether oxygens (including phenoxy) is 2. The van der Waals surface area contributed by atoms with Crippen molar-refractivity contribution < 1.29 is 14.3 Å². The molecule has 0 aliphatic rings. The zero-order valence-electron chi connectivity index (χ0n) is 25.6. The number of hydrogen-bond donors (Lipinski definition) is 0. The average molecular weight is 557 g/mol. The Labute approximate surface area is 247 Å². The Morgan fingerprint density at radius 1 is 0.659 bits per heavy atom. The predicted octanol–water partition coefficient (Wildman–Crippen LogP) is 11.3. The Morgan fingerprint density at radius 3 is 1.90 bits per heavy atom. The number of carbonyl (C=O) groups is 1. The third kappa shape index (κ3) is 11.9. The number of rotatable bonds is 18. The third-order valence-electron chi connectivity index (χ3n) is 7.34. The maximum atomic E-state index is 12.7. The number of carbonyl (C=O) groups excluding carboxylic acids is 1. The lowest BCUT2D eigenvalue weighted by Crippen LogP contribution is -2.09. The van der Waals surface area contributed by atoms with E-state index >= 15 is 0 Å². The standard InChI is InChI=1S/C36H48N2O3/c1-5-6-7-8-9-10-11-12-13-14-15-16-25-40-33-21-18-31(19-22-33)36(39)41-35-24-20-32(27-30(35)4)37-38-34-23-17-28(2)26-29(34)3/h17-24,26-27H,5-16,25H2,1-4H3. The minimum atomic E-state index is -0.398. The summed E-state index contributed by atoms with van der Waals surface area (Å²) in [5, 5.41) is 8.72. The van der Waals surface area contributed by atoms with Crippen molar-refractivity contribution in [2.75, 3.05) is 6.61 Å². The molecule has 41 heavy (non-hydrogen) atoms. The molecule has 5 nitrogen and oxygen atoms in total. The average Bonchev–Trinajstić information content (AvgIpc) is 2.96. The van der Waals surface area contributed by atoms with Crippen LogP contribution in [0.5, 0.6) is 11.5 Å². The van der Waals surface area contributed by atoms with Crippen molar-refractivity contribution in [3.05, 3.63) is 82.9 Å². The number of benzene rings is 3. The molecule has 0 heterocycles. The van der Waals surface area contributed by atoms with Crippen molar-refractivity contribution >= 4 is 17.3 Å². The summed E-state index contributed by atoms with van der Waals surface area (Å²) >= 11 is 0. The van der Waals surface area contributed by atoms with Crippen LogP contribution in [0.2, 0.25) is 0 Å². The Balaban J connectivity index is 1.34. The molecule has 0 atom stereocenters. The molecule has 0 aliphatic heterocycles. The third-order valence-corrected chi connectivity index (χ3v) is 7.34. The van der Waals surface area contributed by atoms with Gasteiger partial charge in [0.05, 0.1) is 23.5 Å². The molecule has 0 saturated heterocycles. The summed E-state index contributed by atoms with van der Waals surface area (Å²) in [6, 6.07) is 18.7. The molecule has 3 rings (SSSR count). The van der Waals surface area contributed by atoms with Gasteiger partial charge >= 0.3 is 5.97 Å². The van der Waals surface area contributed by atoms with Gasteiger partial charge in [0.15, 0.2) is 0 Å². The predicted molar refractivity (Wildman–Crippen MR) is 169 cm³/mol. The molecule has 220 valence electrons. The fourth-order valence-corrected chi connectivity index (χ4v) is 4.82. The van der Waals surface area contributed by atoms with Gasteiger partial charge in [-0.25, -0.2) is 4.79 Å². The highest BCUT2D eigenvalue weighted by Gasteiger charge is 2.11. The highest BCUT2D eigenvalue weighted by atomic mass is 16.5. The van der Waals surface area contributed by atoms with Crippen LogP contribution in [0.15, 0.2) is 70.9 Å². The monoisotopic (exact) mass is 556 g/mol. The van der Waals surface area contributed by atoms with Crippen LogP contribution in [0.25, 0.3) is 0 Å². The quantitative estimate of drug-likeness (QED) is 0.0677. The molecule has 0 unspecified atom stereocenters. The largest absolute Gasteiger partial charge is 0.494 e. The van der Waals surface area contributed by atoms with Crippen LogP contribution >= 0.6 is 0 Å². The van der Waals surface area contributed by atoms with Gasteiger partial charge < -0.3 is 9.47 Å². The van der Waals surface area contributed by atoms with E-state index in [9.17, 15) is 4.79 Å². The zero-order chi connectivity index (χ0) is 29.3. The van der Waals surface area contributed by atoms with E-state index in [1.54, 1.807) is 24.3 Å². The van der Waals surface area contributed by atoms with E-state index < -0.39 is 5.97 Å². The summed E-state index contributed by atoms with van der Waals surface area (Å²) in [6.07, 6.45) is 15.9. The van der Waals surface area contributed by atoms with E-state index in [0.29, 0.717) is 23.6 Å². The number of unbranched alkanes of at least 4 members (excludes halogenated alkanes) is 11. The topological polar surface area (TPSA) is 60.2 Å². The zero-order valence-corrected chi connectivity index (χ0v) is 25.6.